The number of aromatic nitrogens is 1. The minimum atomic E-state index is -2.64. The SMILES string of the molecule is CS(=N)(=O)c1ccc(CN[C@@H]2CCCc3c2[nH]c2ccc(Br)cc32)cc1. The van der Waals surface area contributed by atoms with E-state index in [0.717, 1.165) is 29.4 Å². The molecule has 0 fully saturated rings. The second-order valence-corrected chi connectivity index (χ2v) is 10.1. The smallest absolute Gasteiger partial charge is 0.0696 e. The summed E-state index contributed by atoms with van der Waals surface area (Å²) in [5.41, 5.74) is 5.08. The Kier molecular flexibility index (Phi) is 4.67. The average molecular weight is 432 g/mol. The van der Waals surface area contributed by atoms with Crippen LogP contribution in [0.2, 0.25) is 0 Å². The van der Waals surface area contributed by atoms with Gasteiger partial charge in [-0.15, -0.1) is 0 Å². The van der Waals surface area contributed by atoms with Crippen molar-refractivity contribution in [2.24, 2.45) is 0 Å². The first-order chi connectivity index (χ1) is 12.4. The van der Waals surface area contributed by atoms with E-state index in [-0.39, 0.29) is 0 Å². The average Bonchev–Trinajstić information content (AvgIpc) is 2.98. The second kappa shape index (κ2) is 6.83. The summed E-state index contributed by atoms with van der Waals surface area (Å²) in [6, 6.07) is 14.3. The number of hydrogen-bond donors (Lipinski definition) is 3. The van der Waals surface area contributed by atoms with Gasteiger partial charge in [0.25, 0.3) is 0 Å². The quantitative estimate of drug-likeness (QED) is 0.535. The number of fused-ring (bicyclic) bond motifs is 3. The fourth-order valence-electron chi connectivity index (χ4n) is 3.75. The van der Waals surface area contributed by atoms with Gasteiger partial charge in [0, 0.05) is 44.8 Å². The summed E-state index contributed by atoms with van der Waals surface area (Å²) in [4.78, 5) is 4.20. The van der Waals surface area contributed by atoms with Crippen molar-refractivity contribution in [2.75, 3.05) is 6.26 Å². The predicted octanol–water partition coefficient (Wildman–Crippen LogP) is 5.13. The molecule has 3 N–H and O–H groups in total. The van der Waals surface area contributed by atoms with Gasteiger partial charge in [-0.3, -0.25) is 0 Å². The minimum absolute atomic E-state index is 0.316. The molecule has 6 heteroatoms. The van der Waals surface area contributed by atoms with Gasteiger partial charge in [0.1, 0.15) is 0 Å². The zero-order chi connectivity index (χ0) is 18.3. The summed E-state index contributed by atoms with van der Waals surface area (Å²) in [6.45, 7) is 0.756. The topological polar surface area (TPSA) is 68.7 Å². The van der Waals surface area contributed by atoms with Gasteiger partial charge >= 0.3 is 0 Å². The van der Waals surface area contributed by atoms with E-state index in [9.17, 15) is 4.21 Å². The first-order valence-corrected chi connectivity index (χ1v) is 11.5. The first kappa shape index (κ1) is 17.8. The van der Waals surface area contributed by atoms with Gasteiger partial charge in [0.05, 0.1) is 9.73 Å². The van der Waals surface area contributed by atoms with E-state index in [0.29, 0.717) is 10.9 Å². The highest BCUT2D eigenvalue weighted by Crippen LogP contribution is 2.35. The zero-order valence-corrected chi connectivity index (χ0v) is 17.0. The molecule has 0 saturated carbocycles. The molecule has 0 saturated heterocycles. The van der Waals surface area contributed by atoms with Crippen LogP contribution in [0, 0.1) is 4.78 Å². The van der Waals surface area contributed by atoms with Crippen LogP contribution in [0.15, 0.2) is 51.8 Å². The molecule has 0 radical (unpaired) electrons. The summed E-state index contributed by atoms with van der Waals surface area (Å²) in [6.07, 6.45) is 4.87. The van der Waals surface area contributed by atoms with Crippen molar-refractivity contribution in [1.82, 2.24) is 10.3 Å². The summed E-state index contributed by atoms with van der Waals surface area (Å²) >= 11 is 3.58. The molecule has 3 aromatic rings. The van der Waals surface area contributed by atoms with Crippen LogP contribution in [0.3, 0.4) is 0 Å². The lowest BCUT2D eigenvalue weighted by Crippen LogP contribution is -2.24. The number of aryl methyl sites for hydroxylation is 1. The van der Waals surface area contributed by atoms with Crippen LogP contribution in [0.4, 0.5) is 0 Å². The molecule has 1 aromatic heterocycles. The molecule has 0 aliphatic heterocycles. The number of hydrogen-bond acceptors (Lipinski definition) is 3. The molecule has 1 aliphatic rings. The molecule has 0 amide bonds. The van der Waals surface area contributed by atoms with Crippen LogP contribution in [0.25, 0.3) is 10.9 Å². The Morgan fingerprint density at radius 1 is 1.27 bits per heavy atom. The van der Waals surface area contributed by atoms with Crippen molar-refractivity contribution < 1.29 is 4.21 Å². The second-order valence-electron chi connectivity index (χ2n) is 7.02. The molecular weight excluding hydrogens is 410 g/mol. The highest BCUT2D eigenvalue weighted by Gasteiger charge is 2.24. The monoisotopic (exact) mass is 431 g/mol. The lowest BCUT2D eigenvalue weighted by atomic mass is 9.91. The third-order valence-corrected chi connectivity index (χ3v) is 6.76. The Hall–Kier alpha value is -1.63. The van der Waals surface area contributed by atoms with E-state index in [1.807, 2.05) is 12.1 Å². The largest absolute Gasteiger partial charge is 0.357 e. The van der Waals surface area contributed by atoms with Crippen molar-refractivity contribution in [1.29, 1.82) is 4.78 Å². The Morgan fingerprint density at radius 2 is 2.04 bits per heavy atom. The number of nitrogens with one attached hydrogen (secondary N) is 3. The highest BCUT2D eigenvalue weighted by molar-refractivity contribution is 9.10. The first-order valence-electron chi connectivity index (χ1n) is 8.78. The van der Waals surface area contributed by atoms with Crippen molar-refractivity contribution in [3.63, 3.8) is 0 Å². The van der Waals surface area contributed by atoms with Gasteiger partial charge in [0.15, 0.2) is 0 Å². The number of benzene rings is 2. The zero-order valence-electron chi connectivity index (χ0n) is 14.6. The van der Waals surface area contributed by atoms with Crippen LogP contribution in [0.5, 0.6) is 0 Å². The number of halogens is 1. The third-order valence-electron chi connectivity index (χ3n) is 5.09. The molecule has 26 heavy (non-hydrogen) atoms. The normalized spacial score (nSPS) is 19.2. The van der Waals surface area contributed by atoms with Gasteiger partial charge in [-0.2, -0.15) is 0 Å². The molecule has 136 valence electrons. The Bertz CT molecular complexity index is 1050. The maximum absolute atomic E-state index is 11.8. The van der Waals surface area contributed by atoms with Gasteiger partial charge in [-0.1, -0.05) is 28.1 Å². The lowest BCUT2D eigenvalue weighted by Gasteiger charge is -2.24. The van der Waals surface area contributed by atoms with Crippen LogP contribution in [-0.4, -0.2) is 15.4 Å². The van der Waals surface area contributed by atoms with Crippen molar-refractivity contribution in [3.8, 4) is 0 Å². The molecule has 1 unspecified atom stereocenters. The maximum Gasteiger partial charge on any atom is 0.0696 e. The van der Waals surface area contributed by atoms with Gasteiger partial charge in [0.2, 0.25) is 0 Å². The number of H-pyrrole nitrogens is 1. The van der Waals surface area contributed by atoms with Gasteiger partial charge < -0.3 is 10.3 Å². The Morgan fingerprint density at radius 3 is 2.77 bits per heavy atom. The van der Waals surface area contributed by atoms with E-state index in [1.54, 1.807) is 12.1 Å². The predicted molar refractivity (Wildman–Crippen MR) is 110 cm³/mol. The number of aromatic amines is 1. The maximum atomic E-state index is 11.8. The van der Waals surface area contributed by atoms with E-state index in [1.165, 1.54) is 34.8 Å². The highest BCUT2D eigenvalue weighted by atomic mass is 79.9. The molecule has 0 spiro atoms. The molecule has 2 aromatic carbocycles. The van der Waals surface area contributed by atoms with E-state index in [4.69, 9.17) is 4.78 Å². The van der Waals surface area contributed by atoms with E-state index < -0.39 is 9.73 Å². The summed E-state index contributed by atoms with van der Waals surface area (Å²) in [5, 5.41) is 4.98. The fraction of sp³-hybridized carbons (Fsp3) is 0.300. The molecule has 1 heterocycles. The van der Waals surface area contributed by atoms with Gasteiger partial charge in [-0.25, -0.2) is 8.99 Å². The van der Waals surface area contributed by atoms with Crippen LogP contribution < -0.4 is 5.32 Å². The molecule has 4 nitrogen and oxygen atoms in total. The van der Waals surface area contributed by atoms with Crippen LogP contribution in [0.1, 0.15) is 35.7 Å². The fourth-order valence-corrected chi connectivity index (χ4v) is 4.76. The van der Waals surface area contributed by atoms with E-state index >= 15 is 0 Å². The molecule has 0 bridgehead atoms. The van der Waals surface area contributed by atoms with Crippen molar-refractivity contribution >= 4 is 36.6 Å². The molecule has 1 aliphatic carbocycles. The summed E-state index contributed by atoms with van der Waals surface area (Å²) in [5.74, 6) is 0. The summed E-state index contributed by atoms with van der Waals surface area (Å²) in [7, 11) is -2.64. The van der Waals surface area contributed by atoms with Gasteiger partial charge in [-0.05, 0) is 60.7 Å². The van der Waals surface area contributed by atoms with Crippen molar-refractivity contribution in [2.45, 2.75) is 36.7 Å². The van der Waals surface area contributed by atoms with E-state index in [2.05, 4.69) is 44.4 Å². The summed E-state index contributed by atoms with van der Waals surface area (Å²) < 4.78 is 20.6. The third kappa shape index (κ3) is 3.46. The minimum Gasteiger partial charge on any atom is -0.357 e. The van der Waals surface area contributed by atoms with Crippen LogP contribution >= 0.6 is 15.9 Å². The Labute approximate surface area is 162 Å². The molecule has 2 atom stereocenters. The van der Waals surface area contributed by atoms with Crippen LogP contribution in [-0.2, 0) is 22.7 Å². The molecular formula is C20H22BrN3OS. The lowest BCUT2D eigenvalue weighted by molar-refractivity contribution is 0.452. The number of rotatable bonds is 4. The van der Waals surface area contributed by atoms with Crippen molar-refractivity contribution in [3.05, 3.63) is 63.8 Å². The Balaban J connectivity index is 1.54. The molecule has 4 rings (SSSR count). The standard InChI is InChI=1S/C20H22BrN3OS/c1-26(22,25)15-8-5-13(6-9-15)12-23-19-4-2-3-16-17-11-14(21)7-10-18(17)24-20(16)19/h5-11,19,22-24H,2-4,12H2,1H3/t19-,26?/m1/s1.